The molecule has 0 spiro atoms. The number of halogens is 1. The van der Waals surface area contributed by atoms with Crippen molar-refractivity contribution in [2.24, 2.45) is 23.7 Å². The largest absolute Gasteiger partial charge is 0.354 e. The molecule has 2 aliphatic carbocycles. The Labute approximate surface area is 109 Å². The number of hydrogen-bond donors (Lipinski definition) is 1. The highest BCUT2D eigenvalue weighted by Crippen LogP contribution is 2.48. The maximum atomic E-state index is 12.1. The molecule has 2 bridgehead atoms. The second-order valence-electron chi connectivity index (χ2n) is 6.25. The highest BCUT2D eigenvalue weighted by molar-refractivity contribution is 6.20. The van der Waals surface area contributed by atoms with E-state index in [0.29, 0.717) is 18.4 Å². The topological polar surface area (TPSA) is 29.1 Å². The van der Waals surface area contributed by atoms with Crippen molar-refractivity contribution < 1.29 is 4.79 Å². The molecule has 2 aliphatic rings. The summed E-state index contributed by atoms with van der Waals surface area (Å²) in [6.45, 7) is 4.95. The summed E-state index contributed by atoms with van der Waals surface area (Å²) < 4.78 is 0. The summed E-state index contributed by atoms with van der Waals surface area (Å²) in [6.07, 6.45) is 5.99. The van der Waals surface area contributed by atoms with Gasteiger partial charge >= 0.3 is 0 Å². The quantitative estimate of drug-likeness (QED) is 0.753. The first-order valence-electron chi connectivity index (χ1n) is 6.98. The molecule has 2 rings (SSSR count). The lowest BCUT2D eigenvalue weighted by Crippen LogP contribution is -2.37. The molecule has 2 nitrogen and oxygen atoms in total. The Morgan fingerprint density at radius 2 is 2.12 bits per heavy atom. The molecule has 1 amide bonds. The van der Waals surface area contributed by atoms with E-state index in [4.69, 9.17) is 11.6 Å². The van der Waals surface area contributed by atoms with Crippen LogP contribution in [-0.2, 0) is 4.79 Å². The van der Waals surface area contributed by atoms with E-state index in [9.17, 15) is 4.79 Å². The van der Waals surface area contributed by atoms with Gasteiger partial charge in [0, 0.05) is 12.5 Å². The first-order chi connectivity index (χ1) is 8.06. The Morgan fingerprint density at radius 1 is 1.35 bits per heavy atom. The van der Waals surface area contributed by atoms with Gasteiger partial charge in [-0.1, -0.05) is 20.3 Å². The predicted molar refractivity (Wildman–Crippen MR) is 71.0 cm³/mol. The van der Waals surface area contributed by atoms with Crippen molar-refractivity contribution in [3.63, 3.8) is 0 Å². The van der Waals surface area contributed by atoms with E-state index >= 15 is 0 Å². The monoisotopic (exact) mass is 257 g/mol. The number of carbonyl (C=O) groups is 1. The maximum Gasteiger partial charge on any atom is 0.223 e. The molecule has 2 fully saturated rings. The third kappa shape index (κ3) is 3.37. The molecule has 0 radical (unpaired) electrons. The number of fused-ring (bicyclic) bond motifs is 2. The molecule has 0 aliphatic heterocycles. The summed E-state index contributed by atoms with van der Waals surface area (Å²) in [6, 6.07) is 0. The van der Waals surface area contributed by atoms with Crippen molar-refractivity contribution in [2.75, 3.05) is 6.54 Å². The molecule has 4 atom stereocenters. The minimum Gasteiger partial charge on any atom is -0.354 e. The molecule has 1 N–H and O–H groups in total. The van der Waals surface area contributed by atoms with Crippen molar-refractivity contribution >= 4 is 17.5 Å². The first kappa shape index (κ1) is 13.2. The van der Waals surface area contributed by atoms with E-state index in [1.54, 1.807) is 0 Å². The van der Waals surface area contributed by atoms with Crippen LogP contribution in [0.5, 0.6) is 0 Å². The van der Waals surface area contributed by atoms with Crippen molar-refractivity contribution in [1.82, 2.24) is 5.32 Å². The maximum absolute atomic E-state index is 12.1. The molecule has 0 aromatic carbocycles. The Kier molecular flexibility index (Phi) is 4.35. The molecule has 0 aromatic rings. The zero-order valence-corrected chi connectivity index (χ0v) is 11.7. The number of hydrogen-bond acceptors (Lipinski definition) is 1. The lowest BCUT2D eigenvalue weighted by molar-refractivity contribution is -0.126. The van der Waals surface area contributed by atoms with Gasteiger partial charge in [-0.2, -0.15) is 0 Å². The second-order valence-corrected chi connectivity index (χ2v) is 6.87. The summed E-state index contributed by atoms with van der Waals surface area (Å²) in [5.41, 5.74) is 0. The Balaban J connectivity index is 1.71. The van der Waals surface area contributed by atoms with Gasteiger partial charge in [0.2, 0.25) is 5.91 Å². The third-order valence-corrected chi connectivity index (χ3v) is 4.63. The van der Waals surface area contributed by atoms with Crippen LogP contribution in [0.3, 0.4) is 0 Å². The second kappa shape index (κ2) is 5.60. The third-order valence-electron chi connectivity index (χ3n) is 4.30. The van der Waals surface area contributed by atoms with Crippen molar-refractivity contribution in [3.05, 3.63) is 0 Å². The van der Waals surface area contributed by atoms with E-state index < -0.39 is 0 Å². The van der Waals surface area contributed by atoms with E-state index in [1.807, 2.05) is 0 Å². The van der Waals surface area contributed by atoms with Crippen LogP contribution in [0.25, 0.3) is 0 Å². The molecule has 0 aromatic heterocycles. The summed E-state index contributed by atoms with van der Waals surface area (Å²) >= 11 is 6.19. The fourth-order valence-corrected chi connectivity index (χ4v) is 3.94. The highest BCUT2D eigenvalue weighted by atomic mass is 35.5. The van der Waals surface area contributed by atoms with Gasteiger partial charge in [-0.05, 0) is 43.4 Å². The van der Waals surface area contributed by atoms with Crippen molar-refractivity contribution in [2.45, 2.75) is 51.3 Å². The SMILES string of the molecule is CC(C)CC(Cl)CNC(=O)C1CC2CCC1C2. The van der Waals surface area contributed by atoms with Crippen LogP contribution in [0, 0.1) is 23.7 Å². The fraction of sp³-hybridized carbons (Fsp3) is 0.929. The van der Waals surface area contributed by atoms with Crippen LogP contribution in [0.15, 0.2) is 0 Å². The Morgan fingerprint density at radius 3 is 2.65 bits per heavy atom. The zero-order chi connectivity index (χ0) is 12.4. The standard InChI is InChI=1S/C14H24ClNO/c1-9(2)5-12(15)8-16-14(17)13-7-10-3-4-11(13)6-10/h9-13H,3-8H2,1-2H3,(H,16,17). The molecule has 98 valence electrons. The van der Waals surface area contributed by atoms with E-state index in [1.165, 1.54) is 19.3 Å². The molecule has 0 heterocycles. The van der Waals surface area contributed by atoms with Crippen LogP contribution in [0.1, 0.15) is 46.0 Å². The average molecular weight is 258 g/mol. The highest BCUT2D eigenvalue weighted by Gasteiger charge is 2.42. The summed E-state index contributed by atoms with van der Waals surface area (Å²) in [4.78, 5) is 12.1. The predicted octanol–water partition coefficient (Wildman–Crippen LogP) is 3.19. The van der Waals surface area contributed by atoms with Crippen LogP contribution < -0.4 is 5.32 Å². The molecular weight excluding hydrogens is 234 g/mol. The lowest BCUT2D eigenvalue weighted by atomic mass is 9.88. The lowest BCUT2D eigenvalue weighted by Gasteiger charge is -2.22. The molecule has 0 saturated heterocycles. The van der Waals surface area contributed by atoms with Gasteiger partial charge in [0.1, 0.15) is 0 Å². The molecular formula is C14H24ClNO. The summed E-state index contributed by atoms with van der Waals surface area (Å²) in [5.74, 6) is 2.64. The van der Waals surface area contributed by atoms with Crippen LogP contribution in [0.2, 0.25) is 0 Å². The zero-order valence-electron chi connectivity index (χ0n) is 10.9. The van der Waals surface area contributed by atoms with Gasteiger partial charge in [0.25, 0.3) is 0 Å². The Bertz CT molecular complexity index is 279. The number of alkyl halides is 1. The minimum atomic E-state index is 0.0811. The average Bonchev–Trinajstić information content (AvgIpc) is 2.86. The molecule has 3 heteroatoms. The summed E-state index contributed by atoms with van der Waals surface area (Å²) in [7, 11) is 0. The number of carbonyl (C=O) groups excluding carboxylic acids is 1. The van der Waals surface area contributed by atoms with Crippen molar-refractivity contribution in [3.8, 4) is 0 Å². The smallest absolute Gasteiger partial charge is 0.223 e. The van der Waals surface area contributed by atoms with Crippen LogP contribution in [0.4, 0.5) is 0 Å². The van der Waals surface area contributed by atoms with Gasteiger partial charge in [0.05, 0.1) is 5.38 Å². The Hall–Kier alpha value is -0.240. The van der Waals surface area contributed by atoms with Gasteiger partial charge in [0.15, 0.2) is 0 Å². The summed E-state index contributed by atoms with van der Waals surface area (Å²) in [5, 5.41) is 3.12. The number of nitrogens with one attached hydrogen (secondary N) is 1. The van der Waals surface area contributed by atoms with E-state index in [2.05, 4.69) is 19.2 Å². The van der Waals surface area contributed by atoms with Crippen LogP contribution in [-0.4, -0.2) is 17.8 Å². The minimum absolute atomic E-state index is 0.0811. The first-order valence-corrected chi connectivity index (χ1v) is 7.41. The number of amides is 1. The molecule has 2 saturated carbocycles. The van der Waals surface area contributed by atoms with E-state index in [0.717, 1.165) is 18.8 Å². The fourth-order valence-electron chi connectivity index (χ4n) is 3.50. The molecule has 4 unspecified atom stereocenters. The van der Waals surface area contributed by atoms with Gasteiger partial charge < -0.3 is 5.32 Å². The van der Waals surface area contributed by atoms with Crippen LogP contribution >= 0.6 is 11.6 Å². The van der Waals surface area contributed by atoms with Crippen molar-refractivity contribution in [1.29, 1.82) is 0 Å². The number of rotatable bonds is 5. The van der Waals surface area contributed by atoms with Gasteiger partial charge in [-0.3, -0.25) is 4.79 Å². The van der Waals surface area contributed by atoms with Gasteiger partial charge in [-0.15, -0.1) is 11.6 Å². The van der Waals surface area contributed by atoms with E-state index in [-0.39, 0.29) is 17.2 Å². The normalized spacial score (nSPS) is 33.1. The van der Waals surface area contributed by atoms with Gasteiger partial charge in [-0.25, -0.2) is 0 Å². The molecule has 17 heavy (non-hydrogen) atoms.